The minimum absolute atomic E-state index is 0.584. The number of pyridine rings is 1. The summed E-state index contributed by atoms with van der Waals surface area (Å²) in [5.41, 5.74) is -1.67. The molecule has 0 aliphatic heterocycles. The number of aromatic nitrogens is 1. The molecule has 0 N–H and O–H groups in total. The van der Waals surface area contributed by atoms with Gasteiger partial charge >= 0.3 is 0 Å². The molecule has 0 bridgehead atoms. The number of rotatable bonds is 0. The topological polar surface area (TPSA) is 12.9 Å². The van der Waals surface area contributed by atoms with Gasteiger partial charge in [-0.1, -0.05) is 0 Å². The quantitative estimate of drug-likeness (QED) is 0.397. The lowest BCUT2D eigenvalue weighted by Gasteiger charge is -2.07. The summed E-state index contributed by atoms with van der Waals surface area (Å²) in [6.45, 7) is 0.983. The molecule has 0 amide bonds. The second-order valence-electron chi connectivity index (χ2n) is 3.30. The minimum atomic E-state index is -2.21. The van der Waals surface area contributed by atoms with E-state index in [1.807, 2.05) is 0 Å². The predicted octanol–water partition coefficient (Wildman–Crippen LogP) is 3.38. The van der Waals surface area contributed by atoms with E-state index in [0.29, 0.717) is 0 Å². The number of hydrogen-bond acceptors (Lipinski definition) is 1. The molecule has 0 radical (unpaired) electrons. The highest BCUT2D eigenvalue weighted by Crippen LogP contribution is 2.29. The summed E-state index contributed by atoms with van der Waals surface area (Å²) >= 11 is 0. The van der Waals surface area contributed by atoms with Gasteiger partial charge in [0.2, 0.25) is 0 Å². The van der Waals surface area contributed by atoms with Crippen LogP contribution in [0.5, 0.6) is 0 Å². The van der Waals surface area contributed by atoms with Crippen molar-refractivity contribution in [3.8, 4) is 0 Å². The van der Waals surface area contributed by atoms with Gasteiger partial charge in [-0.3, -0.25) is 0 Å². The van der Waals surface area contributed by atoms with E-state index in [9.17, 15) is 26.3 Å². The van der Waals surface area contributed by atoms with Crippen LogP contribution in [0, 0.1) is 41.8 Å². The molecule has 0 atom stereocenters. The molecular weight excluding hydrogens is 248 g/mol. The van der Waals surface area contributed by atoms with Gasteiger partial charge in [0.1, 0.15) is 5.52 Å². The van der Waals surface area contributed by atoms with Gasteiger partial charge in [0.05, 0.1) is 11.1 Å². The molecule has 1 aromatic heterocycles. The second kappa shape index (κ2) is 3.61. The van der Waals surface area contributed by atoms with Crippen molar-refractivity contribution < 1.29 is 26.3 Å². The molecular formula is C10H3F6N. The summed E-state index contributed by atoms with van der Waals surface area (Å²) in [6, 6.07) is 0. The number of halogens is 6. The Morgan fingerprint density at radius 3 is 1.71 bits per heavy atom. The maximum absolute atomic E-state index is 13.3. The van der Waals surface area contributed by atoms with Gasteiger partial charge in [0, 0.05) is 0 Å². The highest BCUT2D eigenvalue weighted by Gasteiger charge is 2.26. The van der Waals surface area contributed by atoms with Crippen molar-refractivity contribution in [3.63, 3.8) is 0 Å². The molecule has 0 aliphatic carbocycles. The maximum Gasteiger partial charge on any atom is 0.199 e. The Labute approximate surface area is 90.7 Å². The molecule has 2 aromatic rings. The molecule has 0 spiro atoms. The van der Waals surface area contributed by atoms with E-state index in [2.05, 4.69) is 4.98 Å². The first kappa shape index (κ1) is 11.7. The van der Waals surface area contributed by atoms with Crippen LogP contribution in [0.3, 0.4) is 0 Å². The van der Waals surface area contributed by atoms with Crippen LogP contribution in [0.1, 0.15) is 5.69 Å². The van der Waals surface area contributed by atoms with Crippen LogP contribution >= 0.6 is 0 Å². The predicted molar refractivity (Wildman–Crippen MR) is 46.2 cm³/mol. The standard InChI is InChI=1S/C10H3F6N/c1-2-4(11)5(12)3-6(13)7(14)8(15)9(16)10(3)17-2/h1H3. The highest BCUT2D eigenvalue weighted by molar-refractivity contribution is 5.81. The Morgan fingerprint density at radius 1 is 0.647 bits per heavy atom. The van der Waals surface area contributed by atoms with Crippen molar-refractivity contribution >= 4 is 10.9 Å². The number of benzene rings is 1. The fourth-order valence-electron chi connectivity index (χ4n) is 1.41. The normalized spacial score (nSPS) is 11.2. The molecule has 7 heteroatoms. The summed E-state index contributed by atoms with van der Waals surface area (Å²) < 4.78 is 78.4. The van der Waals surface area contributed by atoms with Crippen LogP contribution in [0.25, 0.3) is 10.9 Å². The van der Waals surface area contributed by atoms with E-state index in [0.717, 1.165) is 6.92 Å². The highest BCUT2D eigenvalue weighted by atomic mass is 19.2. The lowest BCUT2D eigenvalue weighted by atomic mass is 10.1. The summed E-state index contributed by atoms with van der Waals surface area (Å²) in [5, 5.41) is -1.34. The fraction of sp³-hybridized carbons (Fsp3) is 0.100. The van der Waals surface area contributed by atoms with Gasteiger partial charge in [-0.25, -0.2) is 31.3 Å². The van der Waals surface area contributed by atoms with Gasteiger partial charge in [-0.05, 0) is 6.92 Å². The minimum Gasteiger partial charge on any atom is -0.247 e. The summed E-state index contributed by atoms with van der Waals surface area (Å²) in [5.74, 6) is -11.5. The third-order valence-corrected chi connectivity index (χ3v) is 2.25. The number of fused-ring (bicyclic) bond motifs is 1. The van der Waals surface area contributed by atoms with E-state index in [1.165, 1.54) is 0 Å². The Morgan fingerprint density at radius 2 is 1.12 bits per heavy atom. The lowest BCUT2D eigenvalue weighted by Crippen LogP contribution is -2.05. The fourth-order valence-corrected chi connectivity index (χ4v) is 1.41. The molecule has 2 rings (SSSR count). The Bertz CT molecular complexity index is 629. The van der Waals surface area contributed by atoms with Crippen LogP contribution in [-0.4, -0.2) is 4.98 Å². The molecule has 0 fully saturated rings. The Hall–Kier alpha value is -1.79. The number of hydrogen-bond donors (Lipinski definition) is 0. The zero-order valence-corrected chi connectivity index (χ0v) is 8.22. The molecule has 0 unspecified atom stereocenters. The molecule has 1 aromatic carbocycles. The van der Waals surface area contributed by atoms with E-state index in [4.69, 9.17) is 0 Å². The molecule has 0 saturated heterocycles. The monoisotopic (exact) mass is 251 g/mol. The van der Waals surface area contributed by atoms with Crippen LogP contribution in [-0.2, 0) is 0 Å². The molecule has 0 saturated carbocycles. The van der Waals surface area contributed by atoms with Crippen LogP contribution in [0.15, 0.2) is 0 Å². The first-order valence-electron chi connectivity index (χ1n) is 4.33. The van der Waals surface area contributed by atoms with Gasteiger partial charge < -0.3 is 0 Å². The van der Waals surface area contributed by atoms with Crippen molar-refractivity contribution in [1.82, 2.24) is 4.98 Å². The summed E-state index contributed by atoms with van der Waals surface area (Å²) in [7, 11) is 0. The van der Waals surface area contributed by atoms with Crippen molar-refractivity contribution in [2.75, 3.05) is 0 Å². The average Bonchev–Trinajstić information content (AvgIpc) is 2.30. The van der Waals surface area contributed by atoms with Crippen molar-refractivity contribution in [3.05, 3.63) is 40.6 Å². The zero-order valence-electron chi connectivity index (χ0n) is 8.22. The van der Waals surface area contributed by atoms with Crippen molar-refractivity contribution in [2.24, 2.45) is 0 Å². The zero-order chi connectivity index (χ0) is 12.9. The Kier molecular flexibility index (Phi) is 2.48. The number of nitrogens with zero attached hydrogens (tertiary/aromatic N) is 1. The second-order valence-corrected chi connectivity index (χ2v) is 3.30. The number of aryl methyl sites for hydroxylation is 1. The lowest BCUT2D eigenvalue weighted by molar-refractivity contribution is 0.412. The molecule has 1 heterocycles. The van der Waals surface area contributed by atoms with Gasteiger partial charge in [-0.2, -0.15) is 0 Å². The van der Waals surface area contributed by atoms with Crippen molar-refractivity contribution in [2.45, 2.75) is 6.92 Å². The smallest absolute Gasteiger partial charge is 0.199 e. The largest absolute Gasteiger partial charge is 0.247 e. The first-order valence-corrected chi connectivity index (χ1v) is 4.33. The van der Waals surface area contributed by atoms with Gasteiger partial charge in [-0.15, -0.1) is 0 Å². The van der Waals surface area contributed by atoms with E-state index in [1.54, 1.807) is 0 Å². The molecule has 0 aliphatic rings. The molecule has 90 valence electrons. The van der Waals surface area contributed by atoms with Gasteiger partial charge in [0.25, 0.3) is 0 Å². The van der Waals surface area contributed by atoms with Crippen LogP contribution < -0.4 is 0 Å². The third-order valence-electron chi connectivity index (χ3n) is 2.25. The molecule has 17 heavy (non-hydrogen) atoms. The maximum atomic E-state index is 13.3. The summed E-state index contributed by atoms with van der Waals surface area (Å²) in [4.78, 5) is 3.16. The summed E-state index contributed by atoms with van der Waals surface area (Å²) in [6.07, 6.45) is 0. The first-order chi connectivity index (χ1) is 7.86. The average molecular weight is 251 g/mol. The SMILES string of the molecule is Cc1nc2c(F)c(F)c(F)c(F)c2c(F)c1F. The van der Waals surface area contributed by atoms with E-state index < -0.39 is 51.5 Å². The van der Waals surface area contributed by atoms with Gasteiger partial charge in [0.15, 0.2) is 34.9 Å². The molecule has 1 nitrogen and oxygen atoms in total. The van der Waals surface area contributed by atoms with E-state index >= 15 is 0 Å². The Balaban J connectivity index is 3.12. The third kappa shape index (κ3) is 1.45. The van der Waals surface area contributed by atoms with Crippen LogP contribution in [0.2, 0.25) is 0 Å². The van der Waals surface area contributed by atoms with Crippen molar-refractivity contribution in [1.29, 1.82) is 0 Å². The van der Waals surface area contributed by atoms with Crippen LogP contribution in [0.4, 0.5) is 26.3 Å². The van der Waals surface area contributed by atoms with E-state index in [-0.39, 0.29) is 0 Å².